The fraction of sp³-hybridized carbons (Fsp3) is 0.400. The van der Waals surface area contributed by atoms with Gasteiger partial charge in [0.15, 0.2) is 0 Å². The van der Waals surface area contributed by atoms with Crippen LogP contribution in [-0.2, 0) is 13.6 Å². The number of hydrogen-bond donors (Lipinski definition) is 1. The molecule has 1 heterocycles. The Morgan fingerprint density at radius 2 is 2.05 bits per heavy atom. The normalized spacial score (nSPS) is 10.6. The minimum atomic E-state index is 0.832. The van der Waals surface area contributed by atoms with Crippen LogP contribution in [0.4, 0.5) is 5.69 Å². The second kappa shape index (κ2) is 6.95. The van der Waals surface area contributed by atoms with Gasteiger partial charge in [0.2, 0.25) is 0 Å². The van der Waals surface area contributed by atoms with Crippen LogP contribution >= 0.6 is 0 Å². The summed E-state index contributed by atoms with van der Waals surface area (Å²) in [7, 11) is 4.15. The molecule has 2 aromatic rings. The minimum Gasteiger partial charge on any atom is -0.375 e. The van der Waals surface area contributed by atoms with E-state index in [2.05, 4.69) is 46.5 Å². The number of anilines is 1. The molecule has 0 spiro atoms. The zero-order valence-electron chi connectivity index (χ0n) is 11.7. The van der Waals surface area contributed by atoms with Gasteiger partial charge in [0.25, 0.3) is 0 Å². The van der Waals surface area contributed by atoms with Crippen molar-refractivity contribution in [3.8, 4) is 0 Å². The number of nitrogens with one attached hydrogen (secondary N) is 1. The van der Waals surface area contributed by atoms with Gasteiger partial charge < -0.3 is 14.8 Å². The van der Waals surface area contributed by atoms with Gasteiger partial charge in [-0.15, -0.1) is 0 Å². The molecule has 0 saturated heterocycles. The van der Waals surface area contributed by atoms with Crippen LogP contribution in [0.25, 0.3) is 0 Å². The average molecular weight is 258 g/mol. The molecule has 0 radical (unpaired) electrons. The number of para-hydroxylation sites is 1. The highest BCUT2D eigenvalue weighted by Gasteiger charge is 2.00. The van der Waals surface area contributed by atoms with Gasteiger partial charge in [-0.25, -0.2) is 4.98 Å². The van der Waals surface area contributed by atoms with E-state index in [0.717, 1.165) is 31.9 Å². The van der Waals surface area contributed by atoms with Crippen molar-refractivity contribution >= 4 is 5.69 Å². The average Bonchev–Trinajstić information content (AvgIpc) is 2.85. The molecule has 1 aromatic carbocycles. The van der Waals surface area contributed by atoms with E-state index in [1.807, 2.05) is 30.1 Å². The van der Waals surface area contributed by atoms with Crippen molar-refractivity contribution in [1.29, 1.82) is 0 Å². The van der Waals surface area contributed by atoms with Crippen molar-refractivity contribution < 1.29 is 0 Å². The van der Waals surface area contributed by atoms with Gasteiger partial charge in [0.1, 0.15) is 5.82 Å². The van der Waals surface area contributed by atoms with Gasteiger partial charge in [-0.1, -0.05) is 18.2 Å². The van der Waals surface area contributed by atoms with Crippen LogP contribution in [0.1, 0.15) is 12.2 Å². The van der Waals surface area contributed by atoms with Crippen LogP contribution in [0.3, 0.4) is 0 Å². The number of hydrogen-bond acceptors (Lipinski definition) is 3. The van der Waals surface area contributed by atoms with Crippen LogP contribution in [0.15, 0.2) is 42.7 Å². The number of benzene rings is 1. The first kappa shape index (κ1) is 13.6. The van der Waals surface area contributed by atoms with E-state index in [0.29, 0.717) is 0 Å². The molecule has 102 valence electrons. The van der Waals surface area contributed by atoms with Gasteiger partial charge in [0, 0.05) is 38.7 Å². The minimum absolute atomic E-state index is 0.832. The number of imidazole rings is 1. The zero-order chi connectivity index (χ0) is 13.5. The zero-order valence-corrected chi connectivity index (χ0v) is 11.7. The summed E-state index contributed by atoms with van der Waals surface area (Å²) in [6, 6.07) is 10.5. The predicted octanol–water partition coefficient (Wildman–Crippen LogP) is 2.04. The molecule has 0 unspecified atom stereocenters. The maximum Gasteiger partial charge on any atom is 0.122 e. The molecule has 0 saturated carbocycles. The molecule has 0 fully saturated rings. The molecule has 0 bridgehead atoms. The van der Waals surface area contributed by atoms with Gasteiger partial charge in [-0.3, -0.25) is 0 Å². The number of nitrogens with zero attached hydrogens (tertiary/aromatic N) is 3. The first-order valence-corrected chi connectivity index (χ1v) is 6.70. The van der Waals surface area contributed by atoms with E-state index < -0.39 is 0 Å². The van der Waals surface area contributed by atoms with Gasteiger partial charge in [0.05, 0.1) is 6.54 Å². The van der Waals surface area contributed by atoms with E-state index in [1.54, 1.807) is 0 Å². The van der Waals surface area contributed by atoms with Crippen molar-refractivity contribution in [3.05, 3.63) is 48.5 Å². The second-order valence-electron chi connectivity index (χ2n) is 4.74. The van der Waals surface area contributed by atoms with Crippen molar-refractivity contribution in [2.75, 3.05) is 25.0 Å². The number of aromatic nitrogens is 2. The van der Waals surface area contributed by atoms with Gasteiger partial charge in [-0.05, 0) is 25.1 Å². The van der Waals surface area contributed by atoms with Gasteiger partial charge in [-0.2, -0.15) is 0 Å². The molecule has 0 aliphatic carbocycles. The molecule has 0 amide bonds. The van der Waals surface area contributed by atoms with Crippen molar-refractivity contribution in [3.63, 3.8) is 0 Å². The number of aryl methyl sites for hydroxylation is 1. The maximum absolute atomic E-state index is 4.29. The Morgan fingerprint density at radius 1 is 1.26 bits per heavy atom. The lowest BCUT2D eigenvalue weighted by atomic mass is 10.3. The van der Waals surface area contributed by atoms with E-state index in [4.69, 9.17) is 0 Å². The topological polar surface area (TPSA) is 33.1 Å². The molecular weight excluding hydrogens is 236 g/mol. The highest BCUT2D eigenvalue weighted by molar-refractivity contribution is 5.44. The second-order valence-corrected chi connectivity index (χ2v) is 4.74. The molecular formula is C15H22N4. The highest BCUT2D eigenvalue weighted by Crippen LogP contribution is 2.10. The smallest absolute Gasteiger partial charge is 0.122 e. The summed E-state index contributed by atoms with van der Waals surface area (Å²) >= 11 is 0. The quantitative estimate of drug-likeness (QED) is 0.772. The Labute approximate surface area is 115 Å². The maximum atomic E-state index is 4.29. The molecule has 2 rings (SSSR count). The SMILES string of the molecule is CN(CCCNCc1nccn1C)c1ccccc1. The van der Waals surface area contributed by atoms with Crippen molar-refractivity contribution in [1.82, 2.24) is 14.9 Å². The summed E-state index contributed by atoms with van der Waals surface area (Å²) < 4.78 is 2.04. The first-order chi connectivity index (χ1) is 9.27. The molecule has 1 aromatic heterocycles. The summed E-state index contributed by atoms with van der Waals surface area (Å²) in [5.74, 6) is 1.08. The third-order valence-corrected chi connectivity index (χ3v) is 3.25. The van der Waals surface area contributed by atoms with E-state index in [-0.39, 0.29) is 0 Å². The monoisotopic (exact) mass is 258 g/mol. The molecule has 4 nitrogen and oxygen atoms in total. The van der Waals surface area contributed by atoms with Crippen LogP contribution in [-0.4, -0.2) is 29.7 Å². The Balaban J connectivity index is 1.63. The van der Waals surface area contributed by atoms with E-state index >= 15 is 0 Å². The van der Waals surface area contributed by atoms with Crippen molar-refractivity contribution in [2.45, 2.75) is 13.0 Å². The molecule has 4 heteroatoms. The lowest BCUT2D eigenvalue weighted by molar-refractivity contribution is 0.612. The van der Waals surface area contributed by atoms with Crippen LogP contribution in [0.2, 0.25) is 0 Å². The Hall–Kier alpha value is -1.81. The van der Waals surface area contributed by atoms with Crippen LogP contribution in [0, 0.1) is 0 Å². The standard InChI is InChI=1S/C15H22N4/c1-18(14-7-4-3-5-8-14)11-6-9-16-13-15-17-10-12-19(15)2/h3-5,7-8,10,12,16H,6,9,11,13H2,1-2H3. The highest BCUT2D eigenvalue weighted by atomic mass is 15.1. The Kier molecular flexibility index (Phi) is 4.98. The predicted molar refractivity (Wildman–Crippen MR) is 79.2 cm³/mol. The summed E-state index contributed by atoms with van der Waals surface area (Å²) in [6.07, 6.45) is 4.93. The summed E-state index contributed by atoms with van der Waals surface area (Å²) in [5.41, 5.74) is 1.27. The summed E-state index contributed by atoms with van der Waals surface area (Å²) in [4.78, 5) is 6.57. The largest absolute Gasteiger partial charge is 0.375 e. The lowest BCUT2D eigenvalue weighted by Gasteiger charge is -2.19. The molecule has 0 aliphatic heterocycles. The van der Waals surface area contributed by atoms with E-state index in [1.165, 1.54) is 5.69 Å². The fourth-order valence-corrected chi connectivity index (χ4v) is 2.02. The molecule has 0 atom stereocenters. The van der Waals surface area contributed by atoms with Crippen LogP contribution in [0.5, 0.6) is 0 Å². The first-order valence-electron chi connectivity index (χ1n) is 6.70. The van der Waals surface area contributed by atoms with Gasteiger partial charge >= 0.3 is 0 Å². The Bertz CT molecular complexity index is 478. The van der Waals surface area contributed by atoms with Crippen LogP contribution < -0.4 is 10.2 Å². The van der Waals surface area contributed by atoms with E-state index in [9.17, 15) is 0 Å². The molecule has 19 heavy (non-hydrogen) atoms. The lowest BCUT2D eigenvalue weighted by Crippen LogP contribution is -2.24. The molecule has 1 N–H and O–H groups in total. The third kappa shape index (κ3) is 4.10. The molecule has 0 aliphatic rings. The van der Waals surface area contributed by atoms with Crippen molar-refractivity contribution in [2.24, 2.45) is 7.05 Å². The summed E-state index contributed by atoms with van der Waals surface area (Å²) in [6.45, 7) is 2.89. The fourth-order valence-electron chi connectivity index (χ4n) is 2.02. The summed E-state index contributed by atoms with van der Waals surface area (Å²) in [5, 5.41) is 3.43. The third-order valence-electron chi connectivity index (χ3n) is 3.25. The number of rotatable bonds is 7. The Morgan fingerprint density at radius 3 is 2.74 bits per heavy atom.